The Labute approximate surface area is 124 Å². The maximum absolute atomic E-state index is 11.8. The van der Waals surface area contributed by atoms with E-state index in [0.717, 1.165) is 0 Å². The lowest BCUT2D eigenvalue weighted by molar-refractivity contribution is -0.536. The van der Waals surface area contributed by atoms with Gasteiger partial charge in [0.05, 0.1) is 12.3 Å². The molecule has 7 nitrogen and oxygen atoms in total. The zero-order valence-electron chi connectivity index (χ0n) is 12.9. The van der Waals surface area contributed by atoms with Gasteiger partial charge in [0.1, 0.15) is 6.10 Å². The predicted octanol–water partition coefficient (Wildman–Crippen LogP) is 1.81. The van der Waals surface area contributed by atoms with Gasteiger partial charge >= 0.3 is 5.97 Å². The van der Waals surface area contributed by atoms with Gasteiger partial charge < -0.3 is 9.47 Å². The molecule has 1 heterocycles. The van der Waals surface area contributed by atoms with Crippen molar-refractivity contribution in [1.82, 2.24) is 0 Å². The van der Waals surface area contributed by atoms with E-state index in [1.54, 1.807) is 0 Å². The van der Waals surface area contributed by atoms with E-state index in [1.165, 1.54) is 0 Å². The molecule has 1 aliphatic rings. The van der Waals surface area contributed by atoms with Crippen LogP contribution >= 0.6 is 0 Å². The van der Waals surface area contributed by atoms with E-state index in [1.807, 2.05) is 27.7 Å². The summed E-state index contributed by atoms with van der Waals surface area (Å²) in [4.78, 5) is 33.1. The van der Waals surface area contributed by atoms with Crippen LogP contribution in [-0.4, -0.2) is 35.6 Å². The van der Waals surface area contributed by atoms with E-state index >= 15 is 0 Å². The van der Waals surface area contributed by atoms with Crippen LogP contribution in [0.2, 0.25) is 0 Å². The molecule has 7 heteroatoms. The molecule has 120 valence electrons. The van der Waals surface area contributed by atoms with Crippen LogP contribution in [-0.2, 0) is 19.1 Å². The van der Waals surface area contributed by atoms with E-state index in [-0.39, 0.29) is 30.1 Å². The number of rotatable bonds is 8. The molecule has 1 aliphatic heterocycles. The first-order valence-electron chi connectivity index (χ1n) is 7.21. The van der Waals surface area contributed by atoms with Crippen molar-refractivity contribution < 1.29 is 24.0 Å². The minimum atomic E-state index is -1.05. The largest absolute Gasteiger partial charge is 0.464 e. The van der Waals surface area contributed by atoms with Gasteiger partial charge in [-0.15, -0.1) is 0 Å². The number of carbonyl (C=O) groups is 2. The van der Waals surface area contributed by atoms with Gasteiger partial charge in [0.15, 0.2) is 6.10 Å². The maximum atomic E-state index is 11.8. The Bertz CT molecular complexity index is 395. The van der Waals surface area contributed by atoms with Crippen LogP contribution in [0.4, 0.5) is 0 Å². The molecule has 0 aromatic rings. The molecular weight excluding hydrogens is 278 g/mol. The van der Waals surface area contributed by atoms with Gasteiger partial charge in [-0.1, -0.05) is 27.7 Å². The van der Waals surface area contributed by atoms with E-state index in [9.17, 15) is 19.7 Å². The summed E-state index contributed by atoms with van der Waals surface area (Å²) in [6.45, 7) is 7.73. The average Bonchev–Trinajstić information content (AvgIpc) is 2.75. The second-order valence-electron chi connectivity index (χ2n) is 6.16. The first-order chi connectivity index (χ1) is 9.77. The Kier molecular flexibility index (Phi) is 6.11. The van der Waals surface area contributed by atoms with Crippen molar-refractivity contribution >= 4 is 12.4 Å². The van der Waals surface area contributed by atoms with Crippen LogP contribution in [0, 0.1) is 27.9 Å². The maximum Gasteiger partial charge on any atom is 0.309 e. The molecule has 1 rings (SSSR count). The van der Waals surface area contributed by atoms with Gasteiger partial charge in [0.2, 0.25) is 0 Å². The quantitative estimate of drug-likeness (QED) is 0.293. The monoisotopic (exact) mass is 301 g/mol. The fraction of sp³-hybridized carbons (Fsp3) is 0.857. The highest BCUT2D eigenvalue weighted by atomic mass is 16.6. The van der Waals surface area contributed by atoms with Crippen molar-refractivity contribution in [1.29, 1.82) is 0 Å². The fourth-order valence-electron chi connectivity index (χ4n) is 2.58. The molecule has 21 heavy (non-hydrogen) atoms. The van der Waals surface area contributed by atoms with E-state index in [4.69, 9.17) is 9.47 Å². The summed E-state index contributed by atoms with van der Waals surface area (Å²) in [6.07, 6.45) is -0.925. The topological polar surface area (TPSA) is 95.7 Å². The standard InChI is InChI=1S/C14H23NO6/c1-8(2)10-5-13(21-14(10)17)11(15(18)19)6-12(9(3)4)20-7-16/h7-13H,5-6H2,1-4H3/t10-,11-,12-,13-/m0/s1. The molecule has 0 unspecified atom stereocenters. The molecule has 0 radical (unpaired) electrons. The van der Waals surface area contributed by atoms with Crippen molar-refractivity contribution in [3.05, 3.63) is 10.1 Å². The predicted molar refractivity (Wildman–Crippen MR) is 74.0 cm³/mol. The normalized spacial score (nSPS) is 24.8. The summed E-state index contributed by atoms with van der Waals surface area (Å²) in [5, 5.41) is 11.3. The molecule has 4 atom stereocenters. The smallest absolute Gasteiger partial charge is 0.309 e. The number of esters is 1. The molecule has 1 saturated heterocycles. The first kappa shape index (κ1) is 17.4. The Hall–Kier alpha value is -1.66. The summed E-state index contributed by atoms with van der Waals surface area (Å²) >= 11 is 0. The molecule has 0 aliphatic carbocycles. The summed E-state index contributed by atoms with van der Waals surface area (Å²) in [5.74, 6) is -0.640. The van der Waals surface area contributed by atoms with Crippen LogP contribution in [0.25, 0.3) is 0 Å². The SMILES string of the molecule is CC(C)[C@H](C[C@@H]([C@@H]1C[C@@H](C(C)C)C(=O)O1)[N+](=O)[O-])OC=O. The van der Waals surface area contributed by atoms with Gasteiger partial charge in [0.25, 0.3) is 12.5 Å². The van der Waals surface area contributed by atoms with Crippen LogP contribution in [0.5, 0.6) is 0 Å². The molecule has 0 spiro atoms. The van der Waals surface area contributed by atoms with Gasteiger partial charge in [-0.3, -0.25) is 19.7 Å². The van der Waals surface area contributed by atoms with E-state index in [0.29, 0.717) is 12.9 Å². The highest BCUT2D eigenvalue weighted by molar-refractivity contribution is 5.75. The Morgan fingerprint density at radius 2 is 2.05 bits per heavy atom. The Balaban J connectivity index is 2.81. The zero-order valence-corrected chi connectivity index (χ0v) is 12.9. The lowest BCUT2D eigenvalue weighted by Crippen LogP contribution is -2.39. The molecule has 1 fully saturated rings. The Morgan fingerprint density at radius 3 is 2.43 bits per heavy atom. The minimum Gasteiger partial charge on any atom is -0.464 e. The van der Waals surface area contributed by atoms with Gasteiger partial charge in [0, 0.05) is 11.3 Å². The number of cyclic esters (lactones) is 1. The number of hydrogen-bond acceptors (Lipinski definition) is 6. The number of hydrogen-bond donors (Lipinski definition) is 0. The highest BCUT2D eigenvalue weighted by Gasteiger charge is 2.46. The van der Waals surface area contributed by atoms with Crippen molar-refractivity contribution in [2.45, 2.75) is 58.8 Å². The van der Waals surface area contributed by atoms with Crippen LogP contribution < -0.4 is 0 Å². The van der Waals surface area contributed by atoms with Gasteiger partial charge in [-0.2, -0.15) is 0 Å². The summed E-state index contributed by atoms with van der Waals surface area (Å²) < 4.78 is 10.1. The first-order valence-corrected chi connectivity index (χ1v) is 7.21. The van der Waals surface area contributed by atoms with Crippen LogP contribution in [0.3, 0.4) is 0 Å². The number of carbonyl (C=O) groups excluding carboxylic acids is 2. The summed E-state index contributed by atoms with van der Waals surface area (Å²) in [6, 6.07) is -1.05. The summed E-state index contributed by atoms with van der Waals surface area (Å²) in [5.41, 5.74) is 0. The minimum absolute atomic E-state index is 0.0457. The molecule has 0 saturated carbocycles. The molecule has 0 amide bonds. The number of nitro groups is 1. The molecule has 0 aromatic carbocycles. The second-order valence-corrected chi connectivity index (χ2v) is 6.16. The molecule has 0 N–H and O–H groups in total. The highest BCUT2D eigenvalue weighted by Crippen LogP contribution is 2.32. The van der Waals surface area contributed by atoms with Gasteiger partial charge in [-0.05, 0) is 11.8 Å². The molecular formula is C14H23NO6. The average molecular weight is 301 g/mol. The second kappa shape index (κ2) is 7.38. The lowest BCUT2D eigenvalue weighted by atomic mass is 9.89. The Morgan fingerprint density at radius 1 is 1.43 bits per heavy atom. The zero-order chi connectivity index (χ0) is 16.2. The molecule has 0 bridgehead atoms. The third-order valence-corrected chi connectivity index (χ3v) is 4.01. The van der Waals surface area contributed by atoms with Crippen molar-refractivity contribution in [3.8, 4) is 0 Å². The van der Waals surface area contributed by atoms with Crippen LogP contribution in [0.15, 0.2) is 0 Å². The third-order valence-electron chi connectivity index (χ3n) is 4.01. The van der Waals surface area contributed by atoms with E-state index < -0.39 is 23.2 Å². The number of nitrogens with zero attached hydrogens (tertiary/aromatic N) is 1. The number of ether oxygens (including phenoxy) is 2. The third kappa shape index (κ3) is 4.41. The molecule has 0 aromatic heterocycles. The van der Waals surface area contributed by atoms with Crippen molar-refractivity contribution in [2.75, 3.05) is 0 Å². The van der Waals surface area contributed by atoms with E-state index in [2.05, 4.69) is 0 Å². The van der Waals surface area contributed by atoms with Crippen molar-refractivity contribution in [2.24, 2.45) is 17.8 Å². The summed E-state index contributed by atoms with van der Waals surface area (Å²) in [7, 11) is 0. The van der Waals surface area contributed by atoms with Crippen LogP contribution in [0.1, 0.15) is 40.5 Å². The van der Waals surface area contributed by atoms with Gasteiger partial charge in [-0.25, -0.2) is 0 Å². The van der Waals surface area contributed by atoms with Crippen molar-refractivity contribution in [3.63, 3.8) is 0 Å². The lowest BCUT2D eigenvalue weighted by Gasteiger charge is -2.23. The fourth-order valence-corrected chi connectivity index (χ4v) is 2.58.